The molecule has 154 valence electrons. The zero-order valence-corrected chi connectivity index (χ0v) is 18.0. The van der Waals surface area contributed by atoms with E-state index in [2.05, 4.69) is 15.9 Å². The van der Waals surface area contributed by atoms with Crippen LogP contribution in [0, 0.1) is 0 Å². The van der Waals surface area contributed by atoms with Gasteiger partial charge in [0.1, 0.15) is 0 Å². The quantitative estimate of drug-likeness (QED) is 0.155. The lowest BCUT2D eigenvalue weighted by atomic mass is 9.88. The largest absolute Gasteiger partial charge is 0.0636 e. The molecule has 1 heteroatoms. The second-order valence-electron chi connectivity index (χ2n) is 7.19. The van der Waals surface area contributed by atoms with Crippen molar-refractivity contribution in [1.82, 2.24) is 0 Å². The molecule has 0 N–H and O–H groups in total. The molecule has 0 atom stereocenters. The average Bonchev–Trinajstić information content (AvgIpc) is 3.11. The molecule has 0 aliphatic rings. The molecule has 33 heavy (non-hydrogen) atoms. The minimum Gasteiger partial charge on any atom is -0.0616 e. The summed E-state index contributed by atoms with van der Waals surface area (Å²) < 4.78 is 166. The van der Waals surface area contributed by atoms with E-state index in [0.29, 0.717) is 0 Å². The van der Waals surface area contributed by atoms with Crippen LogP contribution < -0.4 is 0 Å². The zero-order chi connectivity index (χ0) is 38.5. The van der Waals surface area contributed by atoms with Crippen molar-refractivity contribution in [3.05, 3.63) is 119 Å². The Morgan fingerprint density at radius 2 is 0.758 bits per heavy atom. The molecule has 0 radical (unpaired) electrons. The molecule has 0 aromatic heterocycles. The zero-order valence-electron chi connectivity index (χ0n) is 35.4. The fourth-order valence-corrected chi connectivity index (χ4v) is 4.71. The lowest BCUT2D eigenvalue weighted by Gasteiger charge is -2.16. The molecule has 0 nitrogen and oxygen atoms in total. The first kappa shape index (κ1) is 7.97. The van der Waals surface area contributed by atoms with E-state index in [4.69, 9.17) is 21.9 Å². The second kappa shape index (κ2) is 7.16. The van der Waals surface area contributed by atoms with Gasteiger partial charge in [0, 0.05) is 4.47 Å². The Labute approximate surface area is 226 Å². The second-order valence-corrected chi connectivity index (χ2v) is 7.98. The normalized spacial score (nSPS) is 19.8. The van der Waals surface area contributed by atoms with E-state index in [1.165, 1.54) is 0 Å². The van der Waals surface area contributed by atoms with Gasteiger partial charge >= 0.3 is 0 Å². The van der Waals surface area contributed by atoms with E-state index in [-0.39, 0.29) is 31.4 Å². The van der Waals surface area contributed by atoms with Crippen LogP contribution in [-0.4, -0.2) is 0 Å². The van der Waals surface area contributed by atoms with Crippen molar-refractivity contribution in [3.8, 4) is 11.1 Å². The molecule has 0 aliphatic heterocycles. The Kier molecular flexibility index (Phi) is 1.73. The van der Waals surface area contributed by atoms with Crippen LogP contribution in [0.4, 0.5) is 0 Å². The molecule has 0 heterocycles. The summed E-state index contributed by atoms with van der Waals surface area (Å²) in [5, 5.41) is -3.72. The third-order valence-electron chi connectivity index (χ3n) is 5.50. The summed E-state index contributed by atoms with van der Waals surface area (Å²) in [7, 11) is 0. The fraction of sp³-hybridized carbons (Fsp3) is 0. The summed E-state index contributed by atoms with van der Waals surface area (Å²) in [6.07, 6.45) is 0. The van der Waals surface area contributed by atoms with Crippen molar-refractivity contribution in [2.75, 3.05) is 0 Å². The molecule has 0 fully saturated rings. The SMILES string of the molecule is [2H]c1c([2H])c([2H])c2c(-c3c([2H])c([2H])c4c5c([2H])c([2H])c([2H])c([2H])c5c5c([2H])c([2H])c([2H])c([2H])c5c4c3[2H])c3c([2H])c([2H])c([2H])c([2H])c3c(Br)c2c1[2H]. The predicted molar refractivity (Wildman–Crippen MR) is 147 cm³/mol. The average molecular weight is 503 g/mol. The number of halogens is 1. The van der Waals surface area contributed by atoms with E-state index in [1.54, 1.807) is 0 Å². The molecular formula is C32H19Br. The van der Waals surface area contributed by atoms with Crippen LogP contribution in [0.15, 0.2) is 119 Å². The van der Waals surface area contributed by atoms with Crippen molar-refractivity contribution in [2.24, 2.45) is 0 Å². The summed E-state index contributed by atoms with van der Waals surface area (Å²) in [5.41, 5.74) is -1.02. The number of benzene rings is 7. The highest BCUT2D eigenvalue weighted by Crippen LogP contribution is 2.43. The van der Waals surface area contributed by atoms with E-state index in [9.17, 15) is 4.11 Å². The number of hydrogen-bond donors (Lipinski definition) is 0. The van der Waals surface area contributed by atoms with E-state index >= 15 is 0 Å². The maximum absolute atomic E-state index is 9.68. The first-order chi connectivity index (χ1) is 24.2. The standard InChI is InChI=1S/C32H19Br/c33-32-28-15-7-5-13-26(28)31(27-14-6-8-16-29(27)32)20-17-18-25-23-11-2-1-9-21(23)22-10-3-4-12-24(22)30(25)19-20/h1-19H/i1D,2D,3D,4D,5D,6D,7D,8D,9D,10D,11D,12D,13D,14D,15D,16D,17D,18D,19D. The number of rotatable bonds is 1. The van der Waals surface area contributed by atoms with Gasteiger partial charge in [0.2, 0.25) is 0 Å². The fourth-order valence-electron chi connectivity index (χ4n) is 4.11. The predicted octanol–water partition coefficient (Wildman–Crippen LogP) is 9.88. The van der Waals surface area contributed by atoms with Gasteiger partial charge < -0.3 is 0 Å². The molecule has 7 aromatic carbocycles. The summed E-state index contributed by atoms with van der Waals surface area (Å²) >= 11 is 3.30. The van der Waals surface area contributed by atoms with Crippen LogP contribution >= 0.6 is 15.9 Å². The Bertz CT molecular complexity index is 2780. The molecule has 0 unspecified atom stereocenters. The van der Waals surface area contributed by atoms with Gasteiger partial charge in [0.15, 0.2) is 0 Å². The van der Waals surface area contributed by atoms with E-state index in [1.807, 2.05) is 0 Å². The summed E-state index contributed by atoms with van der Waals surface area (Å²) in [6, 6.07) is -13.8. The smallest absolute Gasteiger partial charge is 0.0616 e. The molecule has 0 saturated carbocycles. The van der Waals surface area contributed by atoms with Crippen molar-refractivity contribution in [1.29, 1.82) is 0 Å². The maximum atomic E-state index is 9.68. The van der Waals surface area contributed by atoms with Crippen LogP contribution in [0.5, 0.6) is 0 Å². The van der Waals surface area contributed by atoms with Gasteiger partial charge in [-0.3, -0.25) is 0 Å². The first-order valence-electron chi connectivity index (χ1n) is 19.2. The highest BCUT2D eigenvalue weighted by molar-refractivity contribution is 9.10. The van der Waals surface area contributed by atoms with Crippen LogP contribution in [-0.2, 0) is 0 Å². The molecule has 0 amide bonds. The molecule has 0 spiro atoms. The van der Waals surface area contributed by atoms with Gasteiger partial charge in [-0.2, -0.15) is 0 Å². The molecule has 0 saturated heterocycles. The van der Waals surface area contributed by atoms with Crippen molar-refractivity contribution in [2.45, 2.75) is 0 Å². The van der Waals surface area contributed by atoms with Gasteiger partial charge in [0.05, 0.1) is 26.0 Å². The van der Waals surface area contributed by atoms with E-state index < -0.39 is 153 Å². The van der Waals surface area contributed by atoms with Crippen LogP contribution in [0.3, 0.4) is 0 Å². The highest BCUT2D eigenvalue weighted by atomic mass is 79.9. The van der Waals surface area contributed by atoms with Crippen LogP contribution in [0.25, 0.3) is 65.0 Å². The van der Waals surface area contributed by atoms with Gasteiger partial charge in [-0.25, -0.2) is 0 Å². The molecule has 0 aliphatic carbocycles. The van der Waals surface area contributed by atoms with Gasteiger partial charge in [-0.15, -0.1) is 0 Å². The van der Waals surface area contributed by atoms with Crippen molar-refractivity contribution >= 4 is 69.8 Å². The summed E-state index contributed by atoms with van der Waals surface area (Å²) in [4.78, 5) is 0. The minimum atomic E-state index is -0.823. The van der Waals surface area contributed by atoms with Gasteiger partial charge in [-0.1, -0.05) is 109 Å². The molecule has 0 bridgehead atoms. The van der Waals surface area contributed by atoms with Gasteiger partial charge in [0.25, 0.3) is 0 Å². The Morgan fingerprint density at radius 1 is 0.394 bits per heavy atom. The number of hydrogen-bond acceptors (Lipinski definition) is 0. The Hall–Kier alpha value is -3.68. The highest BCUT2D eigenvalue weighted by Gasteiger charge is 2.15. The Morgan fingerprint density at radius 3 is 1.24 bits per heavy atom. The summed E-state index contributed by atoms with van der Waals surface area (Å²) in [5.74, 6) is 0. The molecule has 7 rings (SSSR count). The van der Waals surface area contributed by atoms with Crippen molar-refractivity contribution in [3.63, 3.8) is 0 Å². The van der Waals surface area contributed by atoms with E-state index in [0.717, 1.165) is 0 Å². The third kappa shape index (κ3) is 2.70. The topological polar surface area (TPSA) is 0 Å². The first-order valence-corrected chi connectivity index (χ1v) is 10.5. The Balaban J connectivity index is 1.95. The maximum Gasteiger partial charge on any atom is 0.0636 e. The summed E-state index contributed by atoms with van der Waals surface area (Å²) in [6.45, 7) is 0. The lowest BCUT2D eigenvalue weighted by Crippen LogP contribution is -1.89. The monoisotopic (exact) mass is 501 g/mol. The third-order valence-corrected chi connectivity index (χ3v) is 6.29. The van der Waals surface area contributed by atoms with Gasteiger partial charge in [-0.05, 0) is 87.0 Å². The van der Waals surface area contributed by atoms with Crippen molar-refractivity contribution < 1.29 is 26.0 Å². The molecule has 7 aromatic rings. The lowest BCUT2D eigenvalue weighted by molar-refractivity contribution is 1.70. The molecular weight excluding hydrogens is 464 g/mol. The number of fused-ring (bicyclic) bond motifs is 8. The van der Waals surface area contributed by atoms with Crippen LogP contribution in [0.1, 0.15) is 26.0 Å². The minimum absolute atomic E-state index is 0.133. The van der Waals surface area contributed by atoms with Crippen LogP contribution in [0.2, 0.25) is 0 Å².